The molecule has 154 valence electrons. The zero-order valence-corrected chi connectivity index (χ0v) is 17.4. The van der Waals surface area contributed by atoms with Gasteiger partial charge in [0.2, 0.25) is 0 Å². The highest BCUT2D eigenvalue weighted by molar-refractivity contribution is 7.90. The molecule has 0 spiro atoms. The number of nitrogens with zero attached hydrogens (tertiary/aromatic N) is 1. The predicted octanol–water partition coefficient (Wildman–Crippen LogP) is 4.45. The first-order valence-electron chi connectivity index (χ1n) is 9.43. The minimum atomic E-state index is -3.99. The van der Waals surface area contributed by atoms with Gasteiger partial charge in [0, 0.05) is 11.3 Å². The number of halogens is 1. The summed E-state index contributed by atoms with van der Waals surface area (Å²) in [6.07, 6.45) is 2.96. The van der Waals surface area contributed by atoms with Gasteiger partial charge in [0.1, 0.15) is 11.5 Å². The molecule has 0 amide bonds. The zero-order valence-electron chi connectivity index (χ0n) is 16.6. The lowest BCUT2D eigenvalue weighted by molar-refractivity contribution is 0.0592. The third kappa shape index (κ3) is 3.45. The van der Waals surface area contributed by atoms with Gasteiger partial charge in [0.05, 0.1) is 12.0 Å². The predicted molar refractivity (Wildman–Crippen MR) is 112 cm³/mol. The fraction of sp³-hybridized carbons (Fsp3) is 0.174. The largest absolute Gasteiger partial charge is 0.464 e. The Balaban J connectivity index is 1.87. The third-order valence-electron chi connectivity index (χ3n) is 5.20. The Morgan fingerprint density at radius 1 is 1.07 bits per heavy atom. The molecule has 7 heteroatoms. The van der Waals surface area contributed by atoms with Gasteiger partial charge in [-0.1, -0.05) is 35.9 Å². The Kier molecular flexibility index (Phi) is 5.07. The number of allylic oxidation sites excluding steroid dienone is 1. The highest BCUT2D eigenvalue weighted by atomic mass is 32.2. The van der Waals surface area contributed by atoms with Gasteiger partial charge in [-0.25, -0.2) is 21.6 Å². The van der Waals surface area contributed by atoms with E-state index in [0.29, 0.717) is 24.1 Å². The minimum Gasteiger partial charge on any atom is -0.464 e. The average Bonchev–Trinajstić information content (AvgIpc) is 3.29. The molecule has 30 heavy (non-hydrogen) atoms. The van der Waals surface area contributed by atoms with Gasteiger partial charge >= 0.3 is 5.97 Å². The summed E-state index contributed by atoms with van der Waals surface area (Å²) >= 11 is 0. The van der Waals surface area contributed by atoms with Crippen LogP contribution in [-0.2, 0) is 21.2 Å². The van der Waals surface area contributed by atoms with E-state index >= 15 is 0 Å². The lowest BCUT2D eigenvalue weighted by atomic mass is 10.1. The molecule has 0 N–H and O–H groups in total. The fourth-order valence-electron chi connectivity index (χ4n) is 3.68. The summed E-state index contributed by atoms with van der Waals surface area (Å²) in [5, 5.41) is 0. The van der Waals surface area contributed by atoms with Gasteiger partial charge in [-0.05, 0) is 61.2 Å². The molecule has 4 rings (SSSR count). The molecule has 0 saturated carbocycles. The second-order valence-electron chi connectivity index (χ2n) is 7.19. The van der Waals surface area contributed by atoms with Crippen LogP contribution in [0.25, 0.3) is 11.6 Å². The number of rotatable bonds is 4. The summed E-state index contributed by atoms with van der Waals surface area (Å²) < 4.78 is 46.0. The summed E-state index contributed by atoms with van der Waals surface area (Å²) in [5.74, 6) is -1.05. The maximum Gasteiger partial charge on any atom is 0.355 e. The minimum absolute atomic E-state index is 0.0345. The molecule has 0 atom stereocenters. The monoisotopic (exact) mass is 425 g/mol. The van der Waals surface area contributed by atoms with E-state index in [4.69, 9.17) is 4.74 Å². The van der Waals surface area contributed by atoms with Gasteiger partial charge < -0.3 is 4.74 Å². The Morgan fingerprint density at radius 3 is 2.37 bits per heavy atom. The van der Waals surface area contributed by atoms with Gasteiger partial charge in [-0.3, -0.25) is 0 Å². The number of esters is 1. The van der Waals surface area contributed by atoms with Crippen LogP contribution in [0, 0.1) is 12.7 Å². The standard InChI is InChI=1S/C23H20FNO4S/c1-15-3-10-19(11-4-15)30(27,28)25-21-12-7-17(13-16-5-8-18(24)9-6-16)20(21)14-22(25)23(26)29-2/h3-6,8-11,13-14H,7,12H2,1-2H3. The van der Waals surface area contributed by atoms with Crippen molar-refractivity contribution < 1.29 is 22.3 Å². The number of aromatic nitrogens is 1. The number of methoxy groups -OCH3 is 1. The highest BCUT2D eigenvalue weighted by Crippen LogP contribution is 2.38. The summed E-state index contributed by atoms with van der Waals surface area (Å²) in [7, 11) is -2.77. The summed E-state index contributed by atoms with van der Waals surface area (Å²) in [6.45, 7) is 1.87. The Hall–Kier alpha value is -3.19. The van der Waals surface area contributed by atoms with Crippen molar-refractivity contribution in [3.05, 3.63) is 88.5 Å². The number of hydrogen-bond donors (Lipinski definition) is 0. The molecule has 1 heterocycles. The Morgan fingerprint density at radius 2 is 1.73 bits per heavy atom. The number of ether oxygens (including phenoxy) is 1. The van der Waals surface area contributed by atoms with E-state index in [-0.39, 0.29) is 16.4 Å². The molecular weight excluding hydrogens is 405 g/mol. The van der Waals surface area contributed by atoms with Gasteiger partial charge in [-0.2, -0.15) is 0 Å². The van der Waals surface area contributed by atoms with Crippen molar-refractivity contribution in [2.75, 3.05) is 7.11 Å². The van der Waals surface area contributed by atoms with E-state index in [2.05, 4.69) is 0 Å². The van der Waals surface area contributed by atoms with E-state index in [9.17, 15) is 17.6 Å². The maximum atomic E-state index is 13.4. The first kappa shape index (κ1) is 20.1. The molecule has 1 aromatic heterocycles. The number of carbonyl (C=O) groups is 1. The van der Waals surface area contributed by atoms with Crippen LogP contribution in [0.4, 0.5) is 4.39 Å². The molecule has 3 aromatic rings. The number of hydrogen-bond acceptors (Lipinski definition) is 4. The lowest BCUT2D eigenvalue weighted by Gasteiger charge is -2.12. The first-order valence-corrected chi connectivity index (χ1v) is 10.9. The Bertz CT molecular complexity index is 1250. The van der Waals surface area contributed by atoms with Crippen molar-refractivity contribution in [3.63, 3.8) is 0 Å². The summed E-state index contributed by atoms with van der Waals surface area (Å²) in [5.41, 5.74) is 3.82. The maximum absolute atomic E-state index is 13.4. The van der Waals surface area contributed by atoms with Crippen LogP contribution < -0.4 is 0 Å². The van der Waals surface area contributed by atoms with Crippen LogP contribution in [-0.4, -0.2) is 25.5 Å². The SMILES string of the molecule is COC(=O)c1cc2c(n1S(=O)(=O)c1ccc(C)cc1)CCC2=Cc1ccc(F)cc1. The van der Waals surface area contributed by atoms with Gasteiger partial charge in [0.15, 0.2) is 0 Å². The number of aryl methyl sites for hydroxylation is 1. The second-order valence-corrected chi connectivity index (χ2v) is 8.97. The van der Waals surface area contributed by atoms with Crippen LogP contribution in [0.2, 0.25) is 0 Å². The normalized spacial score (nSPS) is 14.7. The zero-order chi connectivity index (χ0) is 21.5. The lowest BCUT2D eigenvalue weighted by Crippen LogP contribution is -2.21. The molecule has 0 aliphatic heterocycles. The van der Waals surface area contributed by atoms with Crippen LogP contribution in [0.15, 0.2) is 59.5 Å². The third-order valence-corrected chi connectivity index (χ3v) is 6.96. The number of carbonyl (C=O) groups excluding carboxylic acids is 1. The molecular formula is C23H20FNO4S. The molecule has 0 saturated heterocycles. The van der Waals surface area contributed by atoms with Gasteiger partial charge in [0.25, 0.3) is 10.0 Å². The van der Waals surface area contributed by atoms with Crippen LogP contribution >= 0.6 is 0 Å². The van der Waals surface area contributed by atoms with E-state index in [1.54, 1.807) is 30.3 Å². The van der Waals surface area contributed by atoms with Crippen molar-refractivity contribution >= 4 is 27.6 Å². The average molecular weight is 425 g/mol. The highest BCUT2D eigenvalue weighted by Gasteiger charge is 2.33. The second kappa shape index (κ2) is 7.57. The van der Waals surface area contributed by atoms with E-state index in [1.165, 1.54) is 31.4 Å². The molecule has 1 aliphatic rings. The van der Waals surface area contributed by atoms with Gasteiger partial charge in [-0.15, -0.1) is 0 Å². The quantitative estimate of drug-likeness (QED) is 0.580. The fourth-order valence-corrected chi connectivity index (χ4v) is 5.24. The molecule has 0 fully saturated rings. The molecule has 0 unspecified atom stereocenters. The molecule has 5 nitrogen and oxygen atoms in total. The molecule has 0 radical (unpaired) electrons. The Labute approximate surface area is 174 Å². The van der Waals surface area contributed by atoms with E-state index in [0.717, 1.165) is 20.7 Å². The first-order chi connectivity index (χ1) is 14.3. The summed E-state index contributed by atoms with van der Waals surface area (Å²) in [6, 6.07) is 14.1. The molecule has 1 aliphatic carbocycles. The van der Waals surface area contributed by atoms with Crippen molar-refractivity contribution in [1.82, 2.24) is 3.97 Å². The van der Waals surface area contributed by atoms with E-state index in [1.807, 2.05) is 13.0 Å². The van der Waals surface area contributed by atoms with Crippen molar-refractivity contribution in [1.29, 1.82) is 0 Å². The smallest absolute Gasteiger partial charge is 0.355 e. The molecule has 2 aromatic carbocycles. The topological polar surface area (TPSA) is 65.4 Å². The van der Waals surface area contributed by atoms with E-state index < -0.39 is 16.0 Å². The number of fused-ring (bicyclic) bond motifs is 1. The van der Waals surface area contributed by atoms with Crippen LogP contribution in [0.3, 0.4) is 0 Å². The van der Waals surface area contributed by atoms with Crippen LogP contribution in [0.1, 0.15) is 39.3 Å². The van der Waals surface area contributed by atoms with Crippen LogP contribution in [0.5, 0.6) is 0 Å². The van der Waals surface area contributed by atoms with Crippen molar-refractivity contribution in [3.8, 4) is 0 Å². The summed E-state index contributed by atoms with van der Waals surface area (Å²) in [4.78, 5) is 12.5. The van der Waals surface area contributed by atoms with Crippen molar-refractivity contribution in [2.24, 2.45) is 0 Å². The van der Waals surface area contributed by atoms with Crippen molar-refractivity contribution in [2.45, 2.75) is 24.7 Å². The number of benzene rings is 2. The molecule has 0 bridgehead atoms.